The molecule has 144 valence electrons. The van der Waals surface area contributed by atoms with Gasteiger partial charge in [-0.25, -0.2) is 9.37 Å². The Kier molecular flexibility index (Phi) is 6.57. The molecule has 3 aromatic rings. The average molecular weight is 417 g/mol. The molecule has 0 saturated carbocycles. The highest BCUT2D eigenvalue weighted by molar-refractivity contribution is 7.92. The van der Waals surface area contributed by atoms with Crippen molar-refractivity contribution in [1.82, 2.24) is 4.98 Å². The molecule has 1 atom stereocenters. The van der Waals surface area contributed by atoms with Crippen molar-refractivity contribution in [2.75, 3.05) is 17.1 Å². The Labute approximate surface area is 171 Å². The van der Waals surface area contributed by atoms with Crippen LogP contribution in [0.25, 0.3) is 11.3 Å². The molecule has 0 fully saturated rings. The third kappa shape index (κ3) is 5.04. The number of hydrogen-bond acceptors (Lipinski definition) is 4. The van der Waals surface area contributed by atoms with E-state index in [4.69, 9.17) is 16.3 Å². The fourth-order valence-electron chi connectivity index (χ4n) is 2.54. The molecule has 0 amide bonds. The fourth-order valence-corrected chi connectivity index (χ4v) is 3.41. The molecular formula is C21H18ClFN2O2S. The lowest BCUT2D eigenvalue weighted by molar-refractivity contribution is 0.480. The van der Waals surface area contributed by atoms with Crippen molar-refractivity contribution in [1.29, 1.82) is 0 Å². The van der Waals surface area contributed by atoms with E-state index in [9.17, 15) is 8.94 Å². The van der Waals surface area contributed by atoms with Crippen molar-refractivity contribution in [3.8, 4) is 22.8 Å². The number of ether oxygens (including phenoxy) is 1. The van der Waals surface area contributed by atoms with Gasteiger partial charge in [0.05, 0.1) is 23.6 Å². The lowest BCUT2D eigenvalue weighted by Gasteiger charge is -2.22. The quantitative estimate of drug-likeness (QED) is 0.370. The van der Waals surface area contributed by atoms with Crippen molar-refractivity contribution >= 4 is 28.8 Å². The number of aromatic nitrogens is 1. The summed E-state index contributed by atoms with van der Waals surface area (Å²) >= 11 is 4.99. The number of halogens is 2. The van der Waals surface area contributed by atoms with Crippen LogP contribution in [0.1, 0.15) is 0 Å². The highest BCUT2D eigenvalue weighted by Gasteiger charge is 2.17. The van der Waals surface area contributed by atoms with Crippen LogP contribution in [0.5, 0.6) is 11.5 Å². The molecule has 0 bridgehead atoms. The van der Waals surface area contributed by atoms with Gasteiger partial charge >= 0.3 is 0 Å². The van der Waals surface area contributed by atoms with Gasteiger partial charge in [0.25, 0.3) is 0 Å². The molecule has 2 aromatic carbocycles. The molecule has 28 heavy (non-hydrogen) atoms. The van der Waals surface area contributed by atoms with E-state index in [1.165, 1.54) is 12.1 Å². The van der Waals surface area contributed by atoms with E-state index in [0.717, 1.165) is 5.56 Å². The molecule has 4 nitrogen and oxygen atoms in total. The van der Waals surface area contributed by atoms with Gasteiger partial charge in [-0.1, -0.05) is 17.7 Å². The number of nitrogens with zero attached hydrogens (tertiary/aromatic N) is 2. The molecule has 0 saturated heterocycles. The van der Waals surface area contributed by atoms with Gasteiger partial charge in [-0.2, -0.15) is 4.31 Å². The van der Waals surface area contributed by atoms with Crippen LogP contribution >= 0.6 is 11.6 Å². The van der Waals surface area contributed by atoms with Gasteiger partial charge in [0.15, 0.2) is 5.82 Å². The molecule has 3 rings (SSSR count). The minimum absolute atomic E-state index is 0.316. The zero-order chi connectivity index (χ0) is 20.1. The monoisotopic (exact) mass is 416 g/mol. The summed E-state index contributed by atoms with van der Waals surface area (Å²) in [7, 11) is 0. The summed E-state index contributed by atoms with van der Waals surface area (Å²) < 4.78 is 32.3. The van der Waals surface area contributed by atoms with Gasteiger partial charge in [-0.3, -0.25) is 0 Å². The molecule has 1 heterocycles. The number of anilines is 1. The molecular weight excluding hydrogens is 399 g/mol. The lowest BCUT2D eigenvalue weighted by atomic mass is 10.1. The van der Waals surface area contributed by atoms with Crippen molar-refractivity contribution in [2.24, 2.45) is 0 Å². The maximum absolute atomic E-state index is 13.0. The molecule has 0 aliphatic heterocycles. The van der Waals surface area contributed by atoms with Crippen molar-refractivity contribution in [3.05, 3.63) is 84.2 Å². The van der Waals surface area contributed by atoms with Crippen LogP contribution in [0.15, 0.2) is 73.3 Å². The molecule has 1 aromatic heterocycles. The highest BCUT2D eigenvalue weighted by Crippen LogP contribution is 2.29. The summed E-state index contributed by atoms with van der Waals surface area (Å²) in [6.45, 7) is 4.08. The third-order valence-corrected chi connectivity index (χ3v) is 5.01. The van der Waals surface area contributed by atoms with Gasteiger partial charge in [-0.15, -0.1) is 6.58 Å². The summed E-state index contributed by atoms with van der Waals surface area (Å²) in [5, 5.41) is 0.492. The van der Waals surface area contributed by atoms with Crippen LogP contribution in [0.3, 0.4) is 0 Å². The van der Waals surface area contributed by atoms with Crippen LogP contribution in [0.2, 0.25) is 5.02 Å². The largest absolute Gasteiger partial charge is 0.593 e. The Morgan fingerprint density at radius 1 is 1.14 bits per heavy atom. The standard InChI is InChI=1S/C21H18ClFN2O2S/c1-3-12-25(28(2)26)21-14-16(22)13-20(24-21)15-4-8-18(9-5-15)27-19-10-6-17(23)7-11-19/h3-11,13-14H,1,12H2,2H3. The molecule has 0 aliphatic carbocycles. The Hall–Kier alpha value is -2.54. The molecule has 0 spiro atoms. The minimum Gasteiger partial charge on any atom is -0.593 e. The molecule has 0 radical (unpaired) electrons. The summed E-state index contributed by atoms with van der Waals surface area (Å²) in [6.07, 6.45) is 3.23. The van der Waals surface area contributed by atoms with E-state index in [0.29, 0.717) is 34.6 Å². The number of hydrogen-bond donors (Lipinski definition) is 0. The van der Waals surface area contributed by atoms with Gasteiger partial charge < -0.3 is 9.29 Å². The van der Waals surface area contributed by atoms with Crippen LogP contribution in [0.4, 0.5) is 10.2 Å². The molecule has 7 heteroatoms. The van der Waals surface area contributed by atoms with E-state index in [2.05, 4.69) is 11.6 Å². The van der Waals surface area contributed by atoms with E-state index >= 15 is 0 Å². The van der Waals surface area contributed by atoms with Crippen molar-refractivity contribution in [2.45, 2.75) is 0 Å². The number of benzene rings is 2. The van der Waals surface area contributed by atoms with Crippen molar-refractivity contribution < 1.29 is 13.7 Å². The maximum Gasteiger partial charge on any atom is 0.175 e. The Balaban J connectivity index is 1.85. The normalized spacial score (nSPS) is 11.7. The maximum atomic E-state index is 13.0. The second kappa shape index (κ2) is 9.10. The van der Waals surface area contributed by atoms with Crippen molar-refractivity contribution in [3.63, 3.8) is 0 Å². The number of pyridine rings is 1. The summed E-state index contributed by atoms with van der Waals surface area (Å²) in [5.74, 6) is 1.35. The zero-order valence-corrected chi connectivity index (χ0v) is 16.7. The third-order valence-electron chi connectivity index (χ3n) is 3.84. The van der Waals surface area contributed by atoms with Gasteiger partial charge in [-0.05, 0) is 54.6 Å². The predicted octanol–water partition coefficient (Wildman–Crippen LogP) is 5.62. The first-order valence-corrected chi connectivity index (χ1v) is 10.3. The van der Waals surface area contributed by atoms with Gasteiger partial charge in [0.2, 0.25) is 0 Å². The van der Waals surface area contributed by atoms with Gasteiger partial charge in [0, 0.05) is 16.7 Å². The second-order valence-electron chi connectivity index (χ2n) is 5.88. The van der Waals surface area contributed by atoms with E-state index in [1.54, 1.807) is 53.0 Å². The zero-order valence-electron chi connectivity index (χ0n) is 15.1. The Morgan fingerprint density at radius 3 is 2.32 bits per heavy atom. The average Bonchev–Trinajstić information content (AvgIpc) is 2.67. The van der Waals surface area contributed by atoms with Gasteiger partial charge in [0.1, 0.15) is 23.6 Å². The summed E-state index contributed by atoms with van der Waals surface area (Å²) in [6, 6.07) is 16.5. The Morgan fingerprint density at radius 2 is 1.75 bits per heavy atom. The first kappa shape index (κ1) is 20.2. The molecule has 0 aliphatic rings. The summed E-state index contributed by atoms with van der Waals surface area (Å²) in [4.78, 5) is 4.59. The SMILES string of the molecule is C=CCN(c1cc(Cl)cc(-c2ccc(Oc3ccc(F)cc3)cc2)n1)[S+](C)[O-]. The van der Waals surface area contributed by atoms with E-state index in [-0.39, 0.29) is 5.82 Å². The topological polar surface area (TPSA) is 48.4 Å². The Bertz CT molecular complexity index is 950. The van der Waals surface area contributed by atoms with E-state index < -0.39 is 11.4 Å². The first-order chi connectivity index (χ1) is 13.5. The predicted molar refractivity (Wildman–Crippen MR) is 113 cm³/mol. The molecule has 0 N–H and O–H groups in total. The fraction of sp³-hybridized carbons (Fsp3) is 0.0952. The summed E-state index contributed by atoms with van der Waals surface area (Å²) in [5.41, 5.74) is 1.48. The van der Waals surface area contributed by atoms with Crippen LogP contribution < -0.4 is 9.04 Å². The van der Waals surface area contributed by atoms with Crippen LogP contribution in [-0.4, -0.2) is 22.3 Å². The first-order valence-electron chi connectivity index (χ1n) is 8.39. The van der Waals surface area contributed by atoms with Crippen LogP contribution in [0, 0.1) is 5.82 Å². The number of rotatable bonds is 7. The van der Waals surface area contributed by atoms with E-state index in [1.807, 2.05) is 12.1 Å². The van der Waals surface area contributed by atoms with Crippen LogP contribution in [-0.2, 0) is 11.4 Å². The minimum atomic E-state index is -1.26. The lowest BCUT2D eigenvalue weighted by Crippen LogP contribution is -2.30. The molecule has 1 unspecified atom stereocenters. The second-order valence-corrected chi connectivity index (χ2v) is 7.61. The smallest absolute Gasteiger partial charge is 0.175 e. The highest BCUT2D eigenvalue weighted by atomic mass is 35.5.